The number of nitrogens with zero attached hydrogens (tertiary/aromatic N) is 1. The topological polar surface area (TPSA) is 22.0 Å². The van der Waals surface area contributed by atoms with Crippen molar-refractivity contribution in [3.8, 4) is 5.69 Å². The van der Waals surface area contributed by atoms with Gasteiger partial charge in [-0.05, 0) is 37.3 Å². The van der Waals surface area contributed by atoms with Gasteiger partial charge in [-0.3, -0.25) is 4.79 Å². The monoisotopic (exact) mass is 291 g/mol. The molecule has 0 saturated carbocycles. The molecule has 0 aliphatic carbocycles. The van der Waals surface area contributed by atoms with E-state index in [2.05, 4.69) is 16.7 Å². The molecule has 0 atom stereocenters. The Hall–Kier alpha value is -2.39. The van der Waals surface area contributed by atoms with Crippen molar-refractivity contribution in [2.24, 2.45) is 0 Å². The zero-order chi connectivity index (χ0) is 14.4. The summed E-state index contributed by atoms with van der Waals surface area (Å²) in [6, 6.07) is 20.0. The van der Waals surface area contributed by atoms with Crippen LogP contribution in [0.3, 0.4) is 0 Å². The van der Waals surface area contributed by atoms with Crippen molar-refractivity contribution in [2.75, 3.05) is 0 Å². The molecule has 0 amide bonds. The average molecular weight is 291 g/mol. The second kappa shape index (κ2) is 4.57. The van der Waals surface area contributed by atoms with Crippen molar-refractivity contribution >= 4 is 32.5 Å². The van der Waals surface area contributed by atoms with Crippen LogP contribution < -0.4 is 5.43 Å². The molecule has 2 nitrogen and oxygen atoms in total. The normalized spacial score (nSPS) is 11.3. The molecule has 0 spiro atoms. The number of aryl methyl sites for hydroxylation is 1. The number of aromatic nitrogens is 1. The van der Waals surface area contributed by atoms with Crippen LogP contribution in [0.4, 0.5) is 0 Å². The van der Waals surface area contributed by atoms with E-state index in [1.807, 2.05) is 55.5 Å². The number of hydrogen-bond acceptors (Lipinski definition) is 2. The summed E-state index contributed by atoms with van der Waals surface area (Å²) in [6.45, 7) is 2.05. The third-order valence-corrected chi connectivity index (χ3v) is 4.72. The number of benzene rings is 2. The first kappa shape index (κ1) is 12.4. The standard InChI is InChI=1S/C18H13NOS/c1-12-11-15-17(20)14-9-5-6-10-16(14)19(18(15)21-12)13-7-3-2-4-8-13/h2-11H,1H3. The Morgan fingerprint density at radius 3 is 2.43 bits per heavy atom. The lowest BCUT2D eigenvalue weighted by molar-refractivity contribution is 1.18. The number of para-hydroxylation sites is 2. The SMILES string of the molecule is Cc1cc2c(=O)c3ccccc3n(-c3ccccc3)c2s1. The molecule has 0 saturated heterocycles. The Balaban J connectivity index is 2.30. The lowest BCUT2D eigenvalue weighted by Crippen LogP contribution is -2.08. The van der Waals surface area contributed by atoms with Gasteiger partial charge in [0.05, 0.1) is 10.9 Å². The maximum atomic E-state index is 12.7. The predicted molar refractivity (Wildman–Crippen MR) is 89.7 cm³/mol. The number of pyridine rings is 1. The zero-order valence-corrected chi connectivity index (χ0v) is 12.4. The minimum atomic E-state index is 0.122. The maximum Gasteiger partial charge on any atom is 0.198 e. The van der Waals surface area contributed by atoms with E-state index >= 15 is 0 Å². The van der Waals surface area contributed by atoms with Gasteiger partial charge in [0.1, 0.15) is 4.83 Å². The summed E-state index contributed by atoms with van der Waals surface area (Å²) in [5.74, 6) is 0. The first-order valence-electron chi connectivity index (χ1n) is 6.85. The van der Waals surface area contributed by atoms with Crippen molar-refractivity contribution in [3.63, 3.8) is 0 Å². The highest BCUT2D eigenvalue weighted by Crippen LogP contribution is 2.29. The summed E-state index contributed by atoms with van der Waals surface area (Å²) in [7, 11) is 0. The second-order valence-electron chi connectivity index (χ2n) is 5.09. The van der Waals surface area contributed by atoms with Crippen LogP contribution in [-0.2, 0) is 0 Å². The Kier molecular flexibility index (Phi) is 2.69. The molecule has 0 bridgehead atoms. The van der Waals surface area contributed by atoms with Crippen molar-refractivity contribution in [2.45, 2.75) is 6.92 Å². The molecular formula is C18H13NOS. The molecule has 2 aromatic carbocycles. The van der Waals surface area contributed by atoms with Gasteiger partial charge in [0, 0.05) is 16.0 Å². The number of fused-ring (bicyclic) bond motifs is 2. The fraction of sp³-hybridized carbons (Fsp3) is 0.0556. The highest BCUT2D eigenvalue weighted by Gasteiger charge is 2.13. The fourth-order valence-electron chi connectivity index (χ4n) is 2.78. The van der Waals surface area contributed by atoms with E-state index in [0.717, 1.165) is 31.7 Å². The third kappa shape index (κ3) is 1.82. The van der Waals surface area contributed by atoms with Gasteiger partial charge in [-0.2, -0.15) is 0 Å². The van der Waals surface area contributed by atoms with Crippen LogP contribution in [0.15, 0.2) is 65.5 Å². The minimum absolute atomic E-state index is 0.122. The van der Waals surface area contributed by atoms with Crippen LogP contribution in [0.1, 0.15) is 4.88 Å². The van der Waals surface area contributed by atoms with Crippen LogP contribution >= 0.6 is 11.3 Å². The molecule has 0 unspecified atom stereocenters. The van der Waals surface area contributed by atoms with E-state index in [1.54, 1.807) is 11.3 Å². The van der Waals surface area contributed by atoms with E-state index < -0.39 is 0 Å². The minimum Gasteiger partial charge on any atom is -0.301 e. The lowest BCUT2D eigenvalue weighted by Gasteiger charge is -2.12. The van der Waals surface area contributed by atoms with Crippen LogP contribution in [0.5, 0.6) is 0 Å². The van der Waals surface area contributed by atoms with Crippen molar-refractivity contribution in [1.82, 2.24) is 4.57 Å². The van der Waals surface area contributed by atoms with E-state index in [9.17, 15) is 4.79 Å². The van der Waals surface area contributed by atoms with E-state index in [-0.39, 0.29) is 5.43 Å². The largest absolute Gasteiger partial charge is 0.301 e. The molecule has 4 aromatic rings. The summed E-state index contributed by atoms with van der Waals surface area (Å²) < 4.78 is 2.18. The molecule has 102 valence electrons. The van der Waals surface area contributed by atoms with Gasteiger partial charge in [0.15, 0.2) is 5.43 Å². The van der Waals surface area contributed by atoms with Crippen LogP contribution in [0, 0.1) is 6.92 Å². The Morgan fingerprint density at radius 1 is 0.905 bits per heavy atom. The second-order valence-corrected chi connectivity index (χ2v) is 6.33. The van der Waals surface area contributed by atoms with Crippen LogP contribution in [0.2, 0.25) is 0 Å². The summed E-state index contributed by atoms with van der Waals surface area (Å²) in [4.78, 5) is 14.8. The molecule has 0 aliphatic heterocycles. The number of hydrogen-bond donors (Lipinski definition) is 0. The number of rotatable bonds is 1. The first-order chi connectivity index (χ1) is 10.3. The van der Waals surface area contributed by atoms with Crippen molar-refractivity contribution in [1.29, 1.82) is 0 Å². The first-order valence-corrected chi connectivity index (χ1v) is 7.67. The lowest BCUT2D eigenvalue weighted by atomic mass is 10.1. The highest BCUT2D eigenvalue weighted by molar-refractivity contribution is 7.18. The van der Waals surface area contributed by atoms with Gasteiger partial charge >= 0.3 is 0 Å². The molecule has 0 fully saturated rings. The molecule has 0 radical (unpaired) electrons. The summed E-state index contributed by atoms with van der Waals surface area (Å²) in [5.41, 5.74) is 2.17. The molecule has 4 rings (SSSR count). The van der Waals surface area contributed by atoms with Crippen LogP contribution in [0.25, 0.3) is 26.8 Å². The van der Waals surface area contributed by atoms with Gasteiger partial charge in [0.25, 0.3) is 0 Å². The number of thiophene rings is 1. The van der Waals surface area contributed by atoms with Gasteiger partial charge in [-0.1, -0.05) is 30.3 Å². The summed E-state index contributed by atoms with van der Waals surface area (Å²) >= 11 is 1.67. The molecule has 2 heterocycles. The van der Waals surface area contributed by atoms with E-state index in [1.165, 1.54) is 0 Å². The van der Waals surface area contributed by atoms with Crippen LogP contribution in [-0.4, -0.2) is 4.57 Å². The Morgan fingerprint density at radius 2 is 1.62 bits per heavy atom. The molecule has 0 N–H and O–H groups in total. The third-order valence-electron chi connectivity index (χ3n) is 3.69. The predicted octanol–water partition coefficient (Wildman–Crippen LogP) is 4.51. The van der Waals surface area contributed by atoms with Gasteiger partial charge < -0.3 is 4.57 Å². The molecule has 0 aliphatic rings. The summed E-state index contributed by atoms with van der Waals surface area (Å²) in [5, 5.41) is 1.58. The smallest absolute Gasteiger partial charge is 0.198 e. The Labute approximate surface area is 125 Å². The maximum absolute atomic E-state index is 12.7. The van der Waals surface area contributed by atoms with E-state index in [4.69, 9.17) is 0 Å². The van der Waals surface area contributed by atoms with Gasteiger partial charge in [-0.25, -0.2) is 0 Å². The zero-order valence-electron chi connectivity index (χ0n) is 11.5. The molecule has 2 aromatic heterocycles. The van der Waals surface area contributed by atoms with Crippen molar-refractivity contribution in [3.05, 3.63) is 75.8 Å². The van der Waals surface area contributed by atoms with Gasteiger partial charge in [0.2, 0.25) is 0 Å². The van der Waals surface area contributed by atoms with E-state index in [0.29, 0.717) is 0 Å². The average Bonchev–Trinajstić information content (AvgIpc) is 2.90. The van der Waals surface area contributed by atoms with Gasteiger partial charge in [-0.15, -0.1) is 11.3 Å². The Bertz CT molecular complexity index is 1010. The quantitative estimate of drug-likeness (QED) is 0.505. The molecular weight excluding hydrogens is 278 g/mol. The fourth-order valence-corrected chi connectivity index (χ4v) is 3.82. The molecule has 21 heavy (non-hydrogen) atoms. The summed E-state index contributed by atoms with van der Waals surface area (Å²) in [6.07, 6.45) is 0. The highest BCUT2D eigenvalue weighted by atomic mass is 32.1. The van der Waals surface area contributed by atoms with Crippen molar-refractivity contribution < 1.29 is 0 Å². The molecule has 3 heteroatoms.